The highest BCUT2D eigenvalue weighted by Gasteiger charge is 2.24. The van der Waals surface area contributed by atoms with Gasteiger partial charge in [0.25, 0.3) is 5.91 Å². The maximum absolute atomic E-state index is 13.4. The van der Waals surface area contributed by atoms with E-state index < -0.39 is 0 Å². The molecule has 0 radical (unpaired) electrons. The number of carbonyl (C=O) groups is 1. The number of benzene rings is 1. The lowest BCUT2D eigenvalue weighted by molar-refractivity contribution is 0.0322. The average Bonchev–Trinajstić information content (AvgIpc) is 3.24. The summed E-state index contributed by atoms with van der Waals surface area (Å²) in [6.45, 7) is 7.34. The van der Waals surface area contributed by atoms with E-state index >= 15 is 0 Å². The molecule has 180 valence electrons. The molecule has 34 heavy (non-hydrogen) atoms. The summed E-state index contributed by atoms with van der Waals surface area (Å²) in [6, 6.07) is 13.7. The number of aromatic nitrogens is 2. The average molecular weight is 465 g/mol. The summed E-state index contributed by atoms with van der Waals surface area (Å²) in [4.78, 5) is 17.6. The van der Waals surface area contributed by atoms with Crippen LogP contribution in [0, 0.1) is 5.92 Å². The van der Waals surface area contributed by atoms with Gasteiger partial charge in [0.1, 0.15) is 12.4 Å². The molecule has 8 nitrogen and oxygen atoms in total. The van der Waals surface area contributed by atoms with E-state index in [0.717, 1.165) is 50.5 Å². The third-order valence-corrected chi connectivity index (χ3v) is 6.52. The zero-order chi connectivity index (χ0) is 23.2. The fourth-order valence-corrected chi connectivity index (χ4v) is 4.70. The van der Waals surface area contributed by atoms with Gasteiger partial charge in [-0.05, 0) is 42.3 Å². The number of carbonyl (C=O) groups excluding carboxylic acids is 1. The zero-order valence-electron chi connectivity index (χ0n) is 19.5. The van der Waals surface area contributed by atoms with Crippen LogP contribution < -0.4 is 4.74 Å². The van der Waals surface area contributed by atoms with Crippen molar-refractivity contribution in [3.63, 3.8) is 0 Å². The van der Waals surface area contributed by atoms with Crippen molar-refractivity contribution in [2.45, 2.75) is 6.42 Å². The molecule has 2 saturated heterocycles. The molecule has 0 N–H and O–H groups in total. The van der Waals surface area contributed by atoms with Crippen LogP contribution >= 0.6 is 0 Å². The topological polar surface area (TPSA) is 68.5 Å². The van der Waals surface area contributed by atoms with Gasteiger partial charge in [-0.1, -0.05) is 12.1 Å². The predicted molar refractivity (Wildman–Crippen MR) is 128 cm³/mol. The van der Waals surface area contributed by atoms with Crippen molar-refractivity contribution in [1.29, 1.82) is 0 Å². The number of rotatable bonds is 7. The smallest absolute Gasteiger partial charge is 0.254 e. The predicted octanol–water partition coefficient (Wildman–Crippen LogP) is 2.38. The second kappa shape index (κ2) is 11.0. The molecule has 2 fully saturated rings. The first-order valence-electron chi connectivity index (χ1n) is 12.1. The minimum atomic E-state index is 0.0247. The largest absolute Gasteiger partial charge is 0.492 e. The van der Waals surface area contributed by atoms with Crippen molar-refractivity contribution in [2.24, 2.45) is 5.92 Å². The first-order valence-corrected chi connectivity index (χ1v) is 12.1. The molecule has 0 spiro atoms. The molecule has 1 atom stereocenters. The van der Waals surface area contributed by atoms with Crippen molar-refractivity contribution < 1.29 is 19.0 Å². The lowest BCUT2D eigenvalue weighted by Gasteiger charge is -2.26. The first-order chi connectivity index (χ1) is 16.8. The Kier molecular flexibility index (Phi) is 7.38. The molecule has 1 amide bonds. The Morgan fingerprint density at radius 2 is 1.94 bits per heavy atom. The van der Waals surface area contributed by atoms with Crippen LogP contribution in [0.3, 0.4) is 0 Å². The highest BCUT2D eigenvalue weighted by atomic mass is 16.5. The molecular formula is C26H32N4O4. The Balaban J connectivity index is 1.21. The number of nitrogens with zero attached hydrogens (tertiary/aromatic N) is 4. The Labute approximate surface area is 200 Å². The molecule has 3 aromatic rings. The molecule has 0 aliphatic carbocycles. The first kappa shape index (κ1) is 22.8. The number of hydrogen-bond acceptors (Lipinski definition) is 6. The SMILES string of the molecule is O=C(c1cccc(OCCN2CCOCC2)c1)N1CCOCC(Cc2cccn3nccc23)C1. The number of fused-ring (bicyclic) bond motifs is 1. The van der Waals surface area contributed by atoms with Gasteiger partial charge in [0.05, 0.1) is 31.9 Å². The molecule has 2 aliphatic rings. The summed E-state index contributed by atoms with van der Waals surface area (Å²) < 4.78 is 19.1. The molecule has 5 rings (SSSR count). The second-order valence-electron chi connectivity index (χ2n) is 8.92. The maximum Gasteiger partial charge on any atom is 0.254 e. The van der Waals surface area contributed by atoms with Gasteiger partial charge in [0.15, 0.2) is 0 Å². The van der Waals surface area contributed by atoms with Gasteiger partial charge in [-0.25, -0.2) is 4.52 Å². The highest BCUT2D eigenvalue weighted by Crippen LogP contribution is 2.21. The molecule has 0 bridgehead atoms. The van der Waals surface area contributed by atoms with Gasteiger partial charge in [-0.15, -0.1) is 0 Å². The molecule has 2 aliphatic heterocycles. The normalized spacial score (nSPS) is 19.8. The fraction of sp³-hybridized carbons (Fsp3) is 0.462. The van der Waals surface area contributed by atoms with Crippen LogP contribution in [0.5, 0.6) is 5.75 Å². The van der Waals surface area contributed by atoms with Crippen molar-refractivity contribution in [3.8, 4) is 5.75 Å². The Morgan fingerprint density at radius 3 is 2.85 bits per heavy atom. The number of morpholine rings is 1. The minimum absolute atomic E-state index is 0.0247. The summed E-state index contributed by atoms with van der Waals surface area (Å²) in [5, 5.41) is 4.33. The quantitative estimate of drug-likeness (QED) is 0.535. The summed E-state index contributed by atoms with van der Waals surface area (Å²) >= 11 is 0. The van der Waals surface area contributed by atoms with Crippen molar-refractivity contribution in [1.82, 2.24) is 19.4 Å². The van der Waals surface area contributed by atoms with Gasteiger partial charge >= 0.3 is 0 Å². The van der Waals surface area contributed by atoms with E-state index in [4.69, 9.17) is 14.2 Å². The van der Waals surface area contributed by atoms with E-state index in [1.807, 2.05) is 58.2 Å². The van der Waals surface area contributed by atoms with Crippen molar-refractivity contribution in [3.05, 3.63) is 66.0 Å². The van der Waals surface area contributed by atoms with Crippen LogP contribution in [-0.4, -0.2) is 91.1 Å². The van der Waals surface area contributed by atoms with Gasteiger partial charge < -0.3 is 19.1 Å². The van der Waals surface area contributed by atoms with Crippen LogP contribution in [0.2, 0.25) is 0 Å². The van der Waals surface area contributed by atoms with E-state index in [2.05, 4.69) is 16.1 Å². The zero-order valence-corrected chi connectivity index (χ0v) is 19.5. The molecule has 4 heterocycles. The standard InChI is InChI=1S/C26H32N4O4/c31-26(23-3-1-5-24(18-23)34-16-11-28-9-13-32-14-10-28)29-12-15-33-20-21(19-29)17-22-4-2-8-30-25(22)6-7-27-30/h1-8,18,21H,9-17,19-20H2. The second-order valence-corrected chi connectivity index (χ2v) is 8.92. The van der Waals surface area contributed by atoms with E-state index in [1.165, 1.54) is 5.56 Å². The lowest BCUT2D eigenvalue weighted by Crippen LogP contribution is -2.38. The molecular weight excluding hydrogens is 432 g/mol. The number of ether oxygens (including phenoxy) is 3. The van der Waals surface area contributed by atoms with Crippen LogP contribution in [0.25, 0.3) is 5.52 Å². The molecule has 2 aromatic heterocycles. The van der Waals surface area contributed by atoms with Crippen LogP contribution in [0.1, 0.15) is 15.9 Å². The Hall–Kier alpha value is -2.94. The summed E-state index contributed by atoms with van der Waals surface area (Å²) in [7, 11) is 0. The Bertz CT molecular complexity index is 1100. The summed E-state index contributed by atoms with van der Waals surface area (Å²) in [6.07, 6.45) is 4.60. The van der Waals surface area contributed by atoms with E-state index in [-0.39, 0.29) is 11.8 Å². The molecule has 8 heteroatoms. The van der Waals surface area contributed by atoms with Gasteiger partial charge in [-0.2, -0.15) is 5.10 Å². The third kappa shape index (κ3) is 5.58. The molecule has 1 unspecified atom stereocenters. The lowest BCUT2D eigenvalue weighted by atomic mass is 9.99. The minimum Gasteiger partial charge on any atom is -0.492 e. The summed E-state index contributed by atoms with van der Waals surface area (Å²) in [5.74, 6) is 0.978. The van der Waals surface area contributed by atoms with E-state index in [9.17, 15) is 4.79 Å². The van der Waals surface area contributed by atoms with Crippen LogP contribution in [-0.2, 0) is 15.9 Å². The van der Waals surface area contributed by atoms with Gasteiger partial charge in [0.2, 0.25) is 0 Å². The van der Waals surface area contributed by atoms with Crippen molar-refractivity contribution in [2.75, 3.05) is 65.8 Å². The number of hydrogen-bond donors (Lipinski definition) is 0. The summed E-state index contributed by atoms with van der Waals surface area (Å²) in [5.41, 5.74) is 2.98. The third-order valence-electron chi connectivity index (χ3n) is 6.52. The van der Waals surface area contributed by atoms with Gasteiger partial charge in [0, 0.05) is 56.6 Å². The maximum atomic E-state index is 13.4. The molecule has 0 saturated carbocycles. The molecule has 1 aromatic carbocycles. The van der Waals surface area contributed by atoms with E-state index in [1.54, 1.807) is 0 Å². The number of amides is 1. The van der Waals surface area contributed by atoms with Crippen LogP contribution in [0.4, 0.5) is 0 Å². The van der Waals surface area contributed by atoms with Crippen molar-refractivity contribution >= 4 is 11.4 Å². The monoisotopic (exact) mass is 464 g/mol. The Morgan fingerprint density at radius 1 is 1.06 bits per heavy atom. The van der Waals surface area contributed by atoms with E-state index in [0.29, 0.717) is 38.5 Å². The van der Waals surface area contributed by atoms with Gasteiger partial charge in [-0.3, -0.25) is 9.69 Å². The highest BCUT2D eigenvalue weighted by molar-refractivity contribution is 5.94. The van der Waals surface area contributed by atoms with Crippen LogP contribution in [0.15, 0.2) is 54.9 Å². The fourth-order valence-electron chi connectivity index (χ4n) is 4.70. The number of pyridine rings is 1.